The van der Waals surface area contributed by atoms with Crippen LogP contribution < -0.4 is 10.6 Å². The van der Waals surface area contributed by atoms with E-state index in [1.165, 1.54) is 11.0 Å². The number of aliphatic imine (C=N–C) groups is 1. The van der Waals surface area contributed by atoms with E-state index in [2.05, 4.69) is 10.6 Å². The fourth-order valence-electron chi connectivity index (χ4n) is 3.77. The maximum Gasteiger partial charge on any atom is 0.275 e. The van der Waals surface area contributed by atoms with Gasteiger partial charge in [0.1, 0.15) is 17.9 Å². The Morgan fingerprint density at radius 3 is 2.50 bits per heavy atom. The van der Waals surface area contributed by atoms with E-state index in [1.807, 2.05) is 0 Å². The van der Waals surface area contributed by atoms with Crippen molar-refractivity contribution in [1.29, 1.82) is 0 Å². The summed E-state index contributed by atoms with van der Waals surface area (Å²) in [7, 11) is 0. The van der Waals surface area contributed by atoms with Gasteiger partial charge in [-0.05, 0) is 37.4 Å². The second-order valence-electron chi connectivity index (χ2n) is 7.27. The SMILES string of the molecule is O=C(CN1C(=O)C(c2ccc(Cl)cc2)=NC12CCNCC2)Nc1ccc(F)c(F)c1. The summed E-state index contributed by atoms with van der Waals surface area (Å²) >= 11 is 5.95. The number of nitrogens with one attached hydrogen (secondary N) is 2. The van der Waals surface area contributed by atoms with Gasteiger partial charge in [0.25, 0.3) is 5.91 Å². The fourth-order valence-corrected chi connectivity index (χ4v) is 3.90. The molecule has 30 heavy (non-hydrogen) atoms. The van der Waals surface area contributed by atoms with Crippen LogP contribution in [0.25, 0.3) is 0 Å². The standard InChI is InChI=1S/C21H19ClF2N4O2/c22-14-3-1-13(2-4-14)19-20(30)28(21(27-19)7-9-25-10-8-21)12-18(29)26-15-5-6-16(23)17(24)11-15/h1-6,11,25H,7-10,12H2,(H,26,29). The third-order valence-corrected chi connectivity index (χ3v) is 5.55. The maximum atomic E-state index is 13.4. The Hall–Kier alpha value is -2.84. The molecule has 2 aliphatic rings. The van der Waals surface area contributed by atoms with Crippen LogP contribution in [0.5, 0.6) is 0 Å². The molecular formula is C21H19ClF2N4O2. The Kier molecular flexibility index (Phi) is 5.53. The molecule has 2 aliphatic heterocycles. The minimum Gasteiger partial charge on any atom is -0.324 e. The number of nitrogens with zero attached hydrogens (tertiary/aromatic N) is 2. The summed E-state index contributed by atoms with van der Waals surface area (Å²) in [5.74, 6) is -2.93. The highest BCUT2D eigenvalue weighted by molar-refractivity contribution is 6.47. The first kappa shape index (κ1) is 20.4. The van der Waals surface area contributed by atoms with Gasteiger partial charge in [0.05, 0.1) is 0 Å². The number of piperidine rings is 1. The van der Waals surface area contributed by atoms with Crippen molar-refractivity contribution < 1.29 is 18.4 Å². The lowest BCUT2D eigenvalue weighted by atomic mass is 9.97. The number of halogens is 3. The molecule has 0 saturated carbocycles. The zero-order valence-electron chi connectivity index (χ0n) is 15.9. The van der Waals surface area contributed by atoms with Crippen LogP contribution in [0, 0.1) is 11.6 Å². The summed E-state index contributed by atoms with van der Waals surface area (Å²) in [6, 6.07) is 9.90. The van der Waals surface area contributed by atoms with Gasteiger partial charge in [-0.3, -0.25) is 14.6 Å². The van der Waals surface area contributed by atoms with E-state index in [0.717, 1.165) is 12.1 Å². The fraction of sp³-hybridized carbons (Fsp3) is 0.286. The summed E-state index contributed by atoms with van der Waals surface area (Å²) in [5, 5.41) is 6.30. The van der Waals surface area contributed by atoms with Crippen molar-refractivity contribution in [3.8, 4) is 0 Å². The molecule has 0 aromatic heterocycles. The van der Waals surface area contributed by atoms with Crippen LogP contribution in [0.3, 0.4) is 0 Å². The van der Waals surface area contributed by atoms with Gasteiger partial charge in [-0.2, -0.15) is 0 Å². The molecule has 2 N–H and O–H groups in total. The second kappa shape index (κ2) is 8.12. The Bertz CT molecular complexity index is 1020. The summed E-state index contributed by atoms with van der Waals surface area (Å²) < 4.78 is 26.5. The van der Waals surface area contributed by atoms with Crippen molar-refractivity contribution >= 4 is 34.8 Å². The molecule has 4 rings (SSSR count). The number of benzene rings is 2. The molecule has 0 unspecified atom stereocenters. The Balaban J connectivity index is 1.57. The number of amides is 2. The summed E-state index contributed by atoms with van der Waals surface area (Å²) in [4.78, 5) is 32.0. The number of carbonyl (C=O) groups excluding carboxylic acids is 2. The van der Waals surface area contributed by atoms with E-state index in [9.17, 15) is 18.4 Å². The van der Waals surface area contributed by atoms with Crippen molar-refractivity contribution in [2.45, 2.75) is 18.5 Å². The maximum absolute atomic E-state index is 13.4. The summed E-state index contributed by atoms with van der Waals surface area (Å²) in [6.45, 7) is 1.07. The zero-order chi connectivity index (χ0) is 21.3. The quantitative estimate of drug-likeness (QED) is 0.780. The molecule has 6 nitrogen and oxygen atoms in total. The number of hydrogen-bond acceptors (Lipinski definition) is 4. The average molecular weight is 433 g/mol. The predicted molar refractivity (Wildman–Crippen MR) is 110 cm³/mol. The highest BCUT2D eigenvalue weighted by Gasteiger charge is 2.48. The van der Waals surface area contributed by atoms with Crippen molar-refractivity contribution in [2.75, 3.05) is 25.0 Å². The molecule has 1 saturated heterocycles. The lowest BCUT2D eigenvalue weighted by molar-refractivity contribution is -0.133. The molecule has 0 aliphatic carbocycles. The molecule has 0 atom stereocenters. The van der Waals surface area contributed by atoms with Gasteiger partial charge in [0.2, 0.25) is 5.91 Å². The lowest BCUT2D eigenvalue weighted by Gasteiger charge is -2.39. The number of hydrogen-bond donors (Lipinski definition) is 2. The van der Waals surface area contributed by atoms with Gasteiger partial charge in [0.15, 0.2) is 11.6 Å². The molecule has 0 radical (unpaired) electrons. The smallest absolute Gasteiger partial charge is 0.275 e. The zero-order valence-corrected chi connectivity index (χ0v) is 16.7. The molecule has 156 valence electrons. The number of rotatable bonds is 4. The van der Waals surface area contributed by atoms with Gasteiger partial charge < -0.3 is 15.5 Å². The third-order valence-electron chi connectivity index (χ3n) is 5.30. The Labute approximate surface area is 176 Å². The second-order valence-corrected chi connectivity index (χ2v) is 7.70. The highest BCUT2D eigenvalue weighted by atomic mass is 35.5. The summed E-state index contributed by atoms with van der Waals surface area (Å²) in [5.41, 5.74) is 0.214. The number of anilines is 1. The van der Waals surface area contributed by atoms with Crippen LogP contribution in [0.4, 0.5) is 14.5 Å². The van der Waals surface area contributed by atoms with Gasteiger partial charge in [-0.1, -0.05) is 23.7 Å². The Morgan fingerprint density at radius 1 is 1.13 bits per heavy atom. The van der Waals surface area contributed by atoms with Crippen LogP contribution in [0.2, 0.25) is 5.02 Å². The van der Waals surface area contributed by atoms with Crippen LogP contribution >= 0.6 is 11.6 Å². The normalized spacial score (nSPS) is 17.9. The highest BCUT2D eigenvalue weighted by Crippen LogP contribution is 2.34. The van der Waals surface area contributed by atoms with E-state index in [0.29, 0.717) is 36.5 Å². The molecule has 1 fully saturated rings. The number of carbonyl (C=O) groups is 2. The minimum absolute atomic E-state index is 0.115. The monoisotopic (exact) mass is 432 g/mol. The lowest BCUT2D eigenvalue weighted by Crippen LogP contribution is -2.54. The van der Waals surface area contributed by atoms with Crippen LogP contribution in [0.1, 0.15) is 18.4 Å². The first-order valence-corrected chi connectivity index (χ1v) is 9.89. The largest absolute Gasteiger partial charge is 0.324 e. The molecule has 2 heterocycles. The van der Waals surface area contributed by atoms with E-state index >= 15 is 0 Å². The first-order valence-electron chi connectivity index (χ1n) is 9.51. The minimum atomic E-state index is -1.06. The van der Waals surface area contributed by atoms with E-state index in [1.54, 1.807) is 24.3 Å². The molecule has 2 aromatic rings. The summed E-state index contributed by atoms with van der Waals surface area (Å²) in [6.07, 6.45) is 1.13. The first-order chi connectivity index (χ1) is 14.4. The predicted octanol–water partition coefficient (Wildman–Crippen LogP) is 2.97. The van der Waals surface area contributed by atoms with Crippen molar-refractivity contribution in [2.24, 2.45) is 4.99 Å². The van der Waals surface area contributed by atoms with Gasteiger partial charge in [0, 0.05) is 35.2 Å². The Morgan fingerprint density at radius 2 is 1.83 bits per heavy atom. The molecule has 9 heteroatoms. The van der Waals surface area contributed by atoms with Crippen LogP contribution in [-0.2, 0) is 9.59 Å². The average Bonchev–Trinajstić information content (AvgIpc) is 2.98. The van der Waals surface area contributed by atoms with Gasteiger partial charge in [-0.25, -0.2) is 8.78 Å². The van der Waals surface area contributed by atoms with Crippen molar-refractivity contribution in [3.63, 3.8) is 0 Å². The van der Waals surface area contributed by atoms with E-state index in [-0.39, 0.29) is 23.9 Å². The topological polar surface area (TPSA) is 73.8 Å². The molecule has 1 spiro atoms. The van der Waals surface area contributed by atoms with Gasteiger partial charge in [-0.15, -0.1) is 0 Å². The van der Waals surface area contributed by atoms with Crippen molar-refractivity contribution in [1.82, 2.24) is 10.2 Å². The third kappa shape index (κ3) is 3.93. The van der Waals surface area contributed by atoms with E-state index in [4.69, 9.17) is 16.6 Å². The van der Waals surface area contributed by atoms with Crippen LogP contribution in [-0.4, -0.2) is 47.7 Å². The molecule has 2 amide bonds. The molecule has 2 aromatic carbocycles. The molecular weight excluding hydrogens is 414 g/mol. The van der Waals surface area contributed by atoms with Crippen LogP contribution in [0.15, 0.2) is 47.5 Å². The van der Waals surface area contributed by atoms with Gasteiger partial charge >= 0.3 is 0 Å². The van der Waals surface area contributed by atoms with E-state index < -0.39 is 23.2 Å². The molecule has 0 bridgehead atoms. The van der Waals surface area contributed by atoms with Crippen molar-refractivity contribution in [3.05, 3.63) is 64.7 Å².